The zero-order valence-corrected chi connectivity index (χ0v) is 30.1. The zero-order valence-electron chi connectivity index (χ0n) is 30.1. The second-order valence-corrected chi connectivity index (χ2v) is 12.5. The Balaban J connectivity index is 3.03. The molecule has 1 aromatic carbocycles. The molecule has 17 N–H and O–H groups in total. The van der Waals surface area contributed by atoms with Crippen LogP contribution < -0.4 is 49.1 Å². The number of hydrogen-bond donors (Lipinski definition) is 14. The van der Waals surface area contributed by atoms with Crippen LogP contribution in [-0.4, -0.2) is 148 Å². The second-order valence-electron chi connectivity index (χ2n) is 12.5. The lowest BCUT2D eigenvalue weighted by Gasteiger charge is -2.28. The molecule has 1 rings (SSSR count). The van der Waals surface area contributed by atoms with Crippen molar-refractivity contribution < 1.29 is 59.1 Å². The van der Waals surface area contributed by atoms with E-state index in [-0.39, 0.29) is 13.0 Å². The number of aliphatic hydroxyl groups excluding tert-OH is 4. The van der Waals surface area contributed by atoms with Gasteiger partial charge in [0.1, 0.15) is 36.3 Å². The fourth-order valence-electron chi connectivity index (χ4n) is 4.94. The van der Waals surface area contributed by atoms with Crippen molar-refractivity contribution in [1.29, 1.82) is 0 Å². The average molecular weight is 770 g/mol. The summed E-state index contributed by atoms with van der Waals surface area (Å²) in [6.07, 6.45) is -1.15. The van der Waals surface area contributed by atoms with Crippen molar-refractivity contribution in [1.82, 2.24) is 31.9 Å². The number of nitrogens with one attached hydrogen (secondary N) is 6. The zero-order chi connectivity index (χ0) is 40.8. The number of primary amides is 1. The Bertz CT molecular complexity index is 1370. The third kappa shape index (κ3) is 17.4. The lowest BCUT2D eigenvalue weighted by atomic mass is 10.0. The van der Waals surface area contributed by atoms with Gasteiger partial charge in [-0.1, -0.05) is 36.8 Å². The molecule has 0 aliphatic rings. The third-order valence-corrected chi connectivity index (χ3v) is 8.10. The minimum atomic E-state index is -1.76. The van der Waals surface area contributed by atoms with Crippen LogP contribution in [0.5, 0.6) is 0 Å². The highest BCUT2D eigenvalue weighted by atomic mass is 16.4. The van der Waals surface area contributed by atoms with Crippen molar-refractivity contribution in [2.75, 3.05) is 32.9 Å². The molecule has 304 valence electrons. The Morgan fingerprint density at radius 1 is 0.704 bits per heavy atom. The van der Waals surface area contributed by atoms with Gasteiger partial charge in [0, 0.05) is 25.4 Å². The molecule has 8 unspecified atom stereocenters. The summed E-state index contributed by atoms with van der Waals surface area (Å²) in [6, 6.07) is -0.629. The van der Waals surface area contributed by atoms with E-state index in [0.29, 0.717) is 25.8 Å². The Morgan fingerprint density at radius 2 is 1.28 bits per heavy atom. The van der Waals surface area contributed by atoms with E-state index in [1.807, 2.05) is 0 Å². The van der Waals surface area contributed by atoms with Gasteiger partial charge in [-0.3, -0.25) is 33.6 Å². The molecule has 0 heterocycles. The van der Waals surface area contributed by atoms with Crippen molar-refractivity contribution in [2.24, 2.45) is 17.2 Å². The maximum Gasteiger partial charge on any atom is 0.303 e. The quantitative estimate of drug-likeness (QED) is 0.0370. The Morgan fingerprint density at radius 3 is 1.81 bits per heavy atom. The van der Waals surface area contributed by atoms with E-state index in [1.165, 1.54) is 0 Å². The maximum absolute atomic E-state index is 13.3. The standard InChI is InChI=1S/C33H55N9O12/c1-18(46)27(42-30(51)22(10-11-26(47)48)39-29(50)21(35)15-43)33(54)41-25(17-45)32(53)38-20(9-5-6-12-34)14-37-24(16-44)31(52)40-23(28(36)49)13-19-7-3-2-4-8-19/h2-4,7-8,18,20-25,27,37,43-46H,5-6,9-17,34-35H2,1H3,(H2,36,49)(H,38,53)(H,39,50)(H,40,52)(H,41,54)(H,42,51)(H,47,48). The molecule has 1 aromatic rings. The summed E-state index contributed by atoms with van der Waals surface area (Å²) in [4.78, 5) is 87.9. The fraction of sp³-hybridized carbons (Fsp3) is 0.606. The number of benzene rings is 1. The van der Waals surface area contributed by atoms with Crippen molar-refractivity contribution in [3.8, 4) is 0 Å². The molecule has 0 aromatic heterocycles. The van der Waals surface area contributed by atoms with Gasteiger partial charge in [0.05, 0.1) is 25.9 Å². The van der Waals surface area contributed by atoms with Crippen molar-refractivity contribution >= 4 is 41.4 Å². The number of hydrogen-bond acceptors (Lipinski definition) is 14. The van der Waals surface area contributed by atoms with E-state index >= 15 is 0 Å². The first kappa shape index (κ1) is 47.3. The Kier molecular flexibility index (Phi) is 22.1. The number of nitrogens with two attached hydrogens (primary N) is 3. The monoisotopic (exact) mass is 769 g/mol. The summed E-state index contributed by atoms with van der Waals surface area (Å²) < 4.78 is 0. The molecule has 0 spiro atoms. The van der Waals surface area contributed by atoms with Crippen LogP contribution >= 0.6 is 0 Å². The number of carbonyl (C=O) groups is 7. The molecule has 0 radical (unpaired) electrons. The number of aliphatic carboxylic acids is 1. The molecule has 6 amide bonds. The molecule has 21 heteroatoms. The summed E-state index contributed by atoms with van der Waals surface area (Å²) in [5, 5.41) is 63.1. The lowest BCUT2D eigenvalue weighted by Crippen LogP contribution is -2.61. The Labute approximate surface area is 312 Å². The SMILES string of the molecule is CC(O)C(NC(=O)C(CCC(=O)O)NC(=O)C(N)CO)C(=O)NC(CO)C(=O)NC(CCCCN)CNC(CO)C(=O)NC(Cc1ccccc1)C(N)=O. The molecule has 21 nitrogen and oxygen atoms in total. The van der Waals surface area contributed by atoms with E-state index < -0.39 is 122 Å². The topological polar surface area (TPSA) is 371 Å². The summed E-state index contributed by atoms with van der Waals surface area (Å²) >= 11 is 0. The lowest BCUT2D eigenvalue weighted by molar-refractivity contribution is -0.139. The van der Waals surface area contributed by atoms with Crippen LogP contribution in [0, 0.1) is 0 Å². The highest BCUT2D eigenvalue weighted by molar-refractivity contribution is 5.95. The highest BCUT2D eigenvalue weighted by Crippen LogP contribution is 2.06. The second kappa shape index (κ2) is 25.3. The fourth-order valence-corrected chi connectivity index (χ4v) is 4.94. The van der Waals surface area contributed by atoms with Crippen LogP contribution in [0.2, 0.25) is 0 Å². The van der Waals surface area contributed by atoms with E-state index in [2.05, 4.69) is 31.9 Å². The average Bonchev–Trinajstić information content (AvgIpc) is 3.13. The smallest absolute Gasteiger partial charge is 0.303 e. The first-order valence-corrected chi connectivity index (χ1v) is 17.3. The molecule has 0 saturated heterocycles. The Hall–Kier alpha value is -4.77. The van der Waals surface area contributed by atoms with Gasteiger partial charge in [0.15, 0.2) is 0 Å². The van der Waals surface area contributed by atoms with E-state index in [4.69, 9.17) is 27.4 Å². The predicted molar refractivity (Wildman–Crippen MR) is 191 cm³/mol. The molecular weight excluding hydrogens is 714 g/mol. The normalized spacial score (nSPS) is 15.5. The minimum Gasteiger partial charge on any atom is -0.481 e. The van der Waals surface area contributed by atoms with Gasteiger partial charge >= 0.3 is 5.97 Å². The van der Waals surface area contributed by atoms with Gasteiger partial charge in [0.25, 0.3) is 0 Å². The number of carboxylic acids is 1. The highest BCUT2D eigenvalue weighted by Gasteiger charge is 2.33. The molecule has 0 fully saturated rings. The van der Waals surface area contributed by atoms with Gasteiger partial charge in [-0.2, -0.15) is 0 Å². The van der Waals surface area contributed by atoms with Crippen LogP contribution in [0.3, 0.4) is 0 Å². The molecular formula is C33H55N9O12. The van der Waals surface area contributed by atoms with Crippen LogP contribution in [0.4, 0.5) is 0 Å². The van der Waals surface area contributed by atoms with Gasteiger partial charge in [-0.15, -0.1) is 0 Å². The number of carbonyl (C=O) groups excluding carboxylic acids is 6. The van der Waals surface area contributed by atoms with Gasteiger partial charge < -0.3 is 74.6 Å². The van der Waals surface area contributed by atoms with E-state index in [1.54, 1.807) is 30.3 Å². The van der Waals surface area contributed by atoms with Crippen molar-refractivity contribution in [3.63, 3.8) is 0 Å². The van der Waals surface area contributed by atoms with Crippen molar-refractivity contribution in [3.05, 3.63) is 35.9 Å². The van der Waals surface area contributed by atoms with Gasteiger partial charge in [0.2, 0.25) is 35.4 Å². The van der Waals surface area contributed by atoms with Crippen LogP contribution in [0.15, 0.2) is 30.3 Å². The molecule has 8 atom stereocenters. The number of rotatable bonds is 27. The van der Waals surface area contributed by atoms with Crippen molar-refractivity contribution in [2.45, 2.75) is 93.8 Å². The molecule has 0 aliphatic carbocycles. The predicted octanol–water partition coefficient (Wildman–Crippen LogP) is -6.22. The summed E-state index contributed by atoms with van der Waals surface area (Å²) in [5.74, 6) is -6.94. The number of amides is 6. The number of carboxylic acid groups (broad SMARTS) is 1. The molecule has 0 aliphatic heterocycles. The molecule has 0 bridgehead atoms. The van der Waals surface area contributed by atoms with Crippen LogP contribution in [0.25, 0.3) is 0 Å². The summed E-state index contributed by atoms with van der Waals surface area (Å²) in [7, 11) is 0. The van der Waals surface area contributed by atoms with Crippen LogP contribution in [-0.2, 0) is 40.0 Å². The summed E-state index contributed by atoms with van der Waals surface area (Å²) in [5.41, 5.74) is 17.3. The van der Waals surface area contributed by atoms with Gasteiger partial charge in [-0.05, 0) is 38.3 Å². The number of aliphatic hydroxyl groups is 4. The van der Waals surface area contributed by atoms with E-state index in [9.17, 15) is 48.9 Å². The first-order valence-electron chi connectivity index (χ1n) is 17.3. The van der Waals surface area contributed by atoms with E-state index in [0.717, 1.165) is 12.5 Å². The largest absolute Gasteiger partial charge is 0.481 e. The minimum absolute atomic E-state index is 0.100. The number of unbranched alkanes of at least 4 members (excludes halogenated alkanes) is 1. The molecule has 54 heavy (non-hydrogen) atoms. The maximum atomic E-state index is 13.3. The van der Waals surface area contributed by atoms with Gasteiger partial charge in [-0.25, -0.2) is 0 Å². The van der Waals surface area contributed by atoms with Crippen LogP contribution in [0.1, 0.15) is 44.6 Å². The first-order chi connectivity index (χ1) is 25.6. The molecule has 0 saturated carbocycles. The summed E-state index contributed by atoms with van der Waals surface area (Å²) in [6.45, 7) is -1.04. The third-order valence-electron chi connectivity index (χ3n) is 8.10.